The zero-order valence-electron chi connectivity index (χ0n) is 11.8. The molecule has 2 rings (SSSR count). The second-order valence-electron chi connectivity index (χ2n) is 3.60. The maximum Gasteiger partial charge on any atom is 1.00 e. The van der Waals surface area contributed by atoms with E-state index in [1.165, 1.54) is 18.3 Å². The van der Waals surface area contributed by atoms with Crippen LogP contribution in [0.1, 0.15) is 11.3 Å². The standard InChI is InChI=1S/C12H9N5O4.Cu.K/c18-12(14-7-9-3-5-13-6-4-9)16-15-8-10-1-2-11(21-10)17(19)20;;/h1-8H,(H,16,18);;/q;;+1/p-1/b14-7+,15-8+;;. The molecule has 0 aromatic carbocycles. The van der Waals surface area contributed by atoms with Crippen molar-refractivity contribution < 1.29 is 82.9 Å². The van der Waals surface area contributed by atoms with Gasteiger partial charge in [0, 0.05) is 35.7 Å². The molecule has 0 unspecified atom stereocenters. The average molecular weight is 389 g/mol. The third kappa shape index (κ3) is 7.75. The molecular weight excluding hydrogens is 381 g/mol. The first-order valence-corrected chi connectivity index (χ1v) is 5.61. The maximum absolute atomic E-state index is 11.3. The van der Waals surface area contributed by atoms with Crippen LogP contribution < -0.4 is 56.5 Å². The Balaban J connectivity index is 0.00000242. The van der Waals surface area contributed by atoms with Crippen LogP contribution in [0.25, 0.3) is 0 Å². The first-order chi connectivity index (χ1) is 10.1. The Hall–Kier alpha value is -1.20. The molecule has 0 aliphatic carbocycles. The number of amidine groups is 1. The zero-order valence-corrected chi connectivity index (χ0v) is 15.9. The minimum atomic E-state index is -0.816. The largest absolute Gasteiger partial charge is 1.00 e. The van der Waals surface area contributed by atoms with Crippen LogP contribution >= 0.6 is 0 Å². The van der Waals surface area contributed by atoms with Gasteiger partial charge in [0.2, 0.25) is 0 Å². The fourth-order valence-corrected chi connectivity index (χ4v) is 1.25. The Kier molecular flexibility index (Phi) is 10.8. The van der Waals surface area contributed by atoms with E-state index >= 15 is 0 Å². The van der Waals surface area contributed by atoms with Gasteiger partial charge in [0.1, 0.15) is 10.9 Å². The van der Waals surface area contributed by atoms with Crippen molar-refractivity contribution in [1.29, 1.82) is 0 Å². The molecule has 11 heteroatoms. The number of nitrogens with zero attached hydrogens (tertiary/aromatic N) is 5. The van der Waals surface area contributed by atoms with Crippen LogP contribution in [0.15, 0.2) is 56.3 Å². The monoisotopic (exact) mass is 388 g/mol. The van der Waals surface area contributed by atoms with Crippen LogP contribution in [0.2, 0.25) is 0 Å². The maximum atomic E-state index is 11.3. The van der Waals surface area contributed by atoms with Crippen LogP contribution in [0.3, 0.4) is 0 Å². The summed E-state index contributed by atoms with van der Waals surface area (Å²) < 4.78 is 4.79. The van der Waals surface area contributed by atoms with E-state index in [0.717, 1.165) is 6.21 Å². The van der Waals surface area contributed by atoms with Crippen molar-refractivity contribution in [2.45, 2.75) is 0 Å². The summed E-state index contributed by atoms with van der Waals surface area (Å²) in [5.74, 6) is -0.310. The molecule has 0 saturated carbocycles. The predicted octanol–water partition coefficient (Wildman–Crippen LogP) is -2.25. The Bertz CT molecular complexity index is 717. The smallest absolute Gasteiger partial charge is 0.843 e. The number of rotatable bonds is 4. The van der Waals surface area contributed by atoms with Crippen LogP contribution in [0, 0.1) is 10.1 Å². The Morgan fingerprint density at radius 1 is 1.22 bits per heavy atom. The van der Waals surface area contributed by atoms with Gasteiger partial charge in [-0.3, -0.25) is 15.1 Å². The molecule has 0 spiro atoms. The molecule has 0 atom stereocenters. The normalized spacial score (nSPS) is 11.2. The van der Waals surface area contributed by atoms with E-state index in [-0.39, 0.29) is 74.2 Å². The summed E-state index contributed by atoms with van der Waals surface area (Å²) in [5.41, 5.74) is 0.694. The minimum Gasteiger partial charge on any atom is -0.843 e. The van der Waals surface area contributed by atoms with Crippen LogP contribution in [0.5, 0.6) is 0 Å². The van der Waals surface area contributed by atoms with Crippen LogP contribution in [-0.4, -0.2) is 28.4 Å². The van der Waals surface area contributed by atoms with Gasteiger partial charge in [-0.15, -0.1) is 5.10 Å². The summed E-state index contributed by atoms with van der Waals surface area (Å²) in [6.45, 7) is 0. The van der Waals surface area contributed by atoms with Gasteiger partial charge in [-0.05, 0) is 23.8 Å². The molecule has 2 heterocycles. The van der Waals surface area contributed by atoms with E-state index in [1.54, 1.807) is 24.5 Å². The molecule has 0 bridgehead atoms. The predicted molar refractivity (Wildman–Crippen MR) is 72.2 cm³/mol. The number of aromatic nitrogens is 1. The second-order valence-corrected chi connectivity index (χ2v) is 3.60. The summed E-state index contributed by atoms with van der Waals surface area (Å²) >= 11 is 0. The fraction of sp³-hybridized carbons (Fsp3) is 0. The SMILES string of the molecule is O=[N+]([O-])c1ccc(/C=N/N=C([O-])/N=C/c2ccncc2)o1.[Cu].[K+]. The molecular formula is C12H8CuKN5O4. The average Bonchev–Trinajstić information content (AvgIpc) is 2.95. The zero-order chi connectivity index (χ0) is 15.1. The number of hydrogen-bond acceptors (Lipinski definition) is 7. The van der Waals surface area contributed by atoms with Gasteiger partial charge in [0.05, 0.1) is 12.3 Å². The molecule has 0 saturated heterocycles. The third-order valence-corrected chi connectivity index (χ3v) is 2.15. The van der Waals surface area contributed by atoms with Crippen LogP contribution in [0.4, 0.5) is 5.88 Å². The van der Waals surface area contributed by atoms with E-state index in [2.05, 4.69) is 20.2 Å². The van der Waals surface area contributed by atoms with Crippen molar-refractivity contribution in [3.05, 3.63) is 58.1 Å². The van der Waals surface area contributed by atoms with Crippen molar-refractivity contribution in [2.75, 3.05) is 0 Å². The molecule has 0 amide bonds. The third-order valence-electron chi connectivity index (χ3n) is 2.15. The van der Waals surface area contributed by atoms with E-state index < -0.39 is 16.8 Å². The number of nitro groups is 1. The minimum absolute atomic E-state index is 0. The fourth-order valence-electron chi connectivity index (χ4n) is 1.25. The first kappa shape index (κ1) is 21.8. The van der Waals surface area contributed by atoms with Gasteiger partial charge in [-0.25, -0.2) is 4.99 Å². The molecule has 2 aromatic rings. The van der Waals surface area contributed by atoms with Gasteiger partial charge in [-0.2, -0.15) is 5.10 Å². The summed E-state index contributed by atoms with van der Waals surface area (Å²) in [6.07, 6.45) is 5.52. The summed E-state index contributed by atoms with van der Waals surface area (Å²) in [6, 6.07) is 5.03. The number of hydrogen-bond donors (Lipinski definition) is 0. The summed E-state index contributed by atoms with van der Waals surface area (Å²) in [7, 11) is 0. The molecule has 1 radical (unpaired) electrons. The van der Waals surface area contributed by atoms with Crippen molar-refractivity contribution in [3.63, 3.8) is 0 Å². The Morgan fingerprint density at radius 3 is 2.52 bits per heavy atom. The van der Waals surface area contributed by atoms with Crippen LogP contribution in [-0.2, 0) is 17.1 Å². The number of aliphatic imine (C=N–C) groups is 1. The van der Waals surface area contributed by atoms with Gasteiger partial charge in [-0.1, -0.05) is 0 Å². The second kappa shape index (κ2) is 11.3. The Labute approximate surface area is 183 Å². The van der Waals surface area contributed by atoms with Crippen molar-refractivity contribution >= 4 is 24.3 Å². The molecule has 117 valence electrons. The molecule has 2 aromatic heterocycles. The molecule has 9 nitrogen and oxygen atoms in total. The number of pyridine rings is 1. The van der Waals surface area contributed by atoms with E-state index in [1.807, 2.05) is 0 Å². The topological polar surface area (TPSA) is 129 Å². The summed E-state index contributed by atoms with van der Waals surface area (Å²) in [5, 5.41) is 28.4. The van der Waals surface area contributed by atoms with Crippen molar-refractivity contribution in [2.24, 2.45) is 15.2 Å². The van der Waals surface area contributed by atoms with Gasteiger partial charge in [0.15, 0.2) is 5.76 Å². The molecule has 0 aliphatic heterocycles. The van der Waals surface area contributed by atoms with Crippen molar-refractivity contribution in [1.82, 2.24) is 4.98 Å². The molecule has 0 N–H and O–H groups in total. The number of furan rings is 1. The summed E-state index contributed by atoms with van der Waals surface area (Å²) in [4.78, 5) is 17.1. The molecule has 0 fully saturated rings. The quantitative estimate of drug-likeness (QED) is 0.192. The molecule has 23 heavy (non-hydrogen) atoms. The van der Waals surface area contributed by atoms with Gasteiger partial charge < -0.3 is 9.52 Å². The van der Waals surface area contributed by atoms with Gasteiger partial charge in [0.25, 0.3) is 0 Å². The molecule has 0 aliphatic rings. The van der Waals surface area contributed by atoms with E-state index in [0.29, 0.717) is 5.56 Å². The van der Waals surface area contributed by atoms with Gasteiger partial charge >= 0.3 is 57.3 Å². The Morgan fingerprint density at radius 2 is 1.91 bits per heavy atom. The van der Waals surface area contributed by atoms with Crippen molar-refractivity contribution in [3.8, 4) is 0 Å². The van der Waals surface area contributed by atoms with E-state index in [9.17, 15) is 15.2 Å². The first-order valence-electron chi connectivity index (χ1n) is 5.61. The van der Waals surface area contributed by atoms with E-state index in [4.69, 9.17) is 4.42 Å².